The van der Waals surface area contributed by atoms with E-state index in [1.54, 1.807) is 0 Å². The van der Waals surface area contributed by atoms with E-state index in [2.05, 4.69) is 0 Å². The minimum absolute atomic E-state index is 0.0714. The number of benzene rings is 4. The Hall–Kier alpha value is -5.78. The molecule has 38 heavy (non-hydrogen) atoms. The predicted molar refractivity (Wildman–Crippen MR) is 129 cm³/mol. The van der Waals surface area contributed by atoms with Crippen LogP contribution < -0.4 is 0 Å². The van der Waals surface area contributed by atoms with Crippen LogP contribution in [-0.2, 0) is 0 Å². The first-order valence-electron chi connectivity index (χ1n) is 10.4. The molecule has 0 atom stereocenters. The topological polar surface area (TPSA) is 236 Å². The maximum absolute atomic E-state index is 12.1. The number of carbonyl (C=O) groups excluding carboxylic acids is 2. The van der Waals surface area contributed by atoms with Gasteiger partial charge in [-0.25, -0.2) is 0 Å². The summed E-state index contributed by atoms with van der Waals surface area (Å²) in [4.78, 5) is 24.1. The first-order valence-corrected chi connectivity index (χ1v) is 10.4. The zero-order chi connectivity index (χ0) is 28.3. The summed E-state index contributed by atoms with van der Waals surface area (Å²) in [6.45, 7) is 0. The second-order valence-electron chi connectivity index (χ2n) is 7.79. The van der Waals surface area contributed by atoms with Gasteiger partial charge in [-0.05, 0) is 48.5 Å². The number of rotatable bonds is 4. The lowest BCUT2D eigenvalue weighted by molar-refractivity contribution is 0.102. The molecule has 0 bridgehead atoms. The Labute approximate surface area is 213 Å². The average Bonchev–Trinajstić information content (AvgIpc) is 2.85. The summed E-state index contributed by atoms with van der Waals surface area (Å²) >= 11 is 0. The summed E-state index contributed by atoms with van der Waals surface area (Å²) in [6.07, 6.45) is 0. The van der Waals surface area contributed by atoms with E-state index < -0.39 is 46.1 Å². The fourth-order valence-corrected chi connectivity index (χ4v) is 3.23. The van der Waals surface area contributed by atoms with Crippen molar-refractivity contribution in [2.45, 2.75) is 0 Å². The number of ketones is 2. The van der Waals surface area contributed by atoms with Crippen molar-refractivity contribution in [2.75, 3.05) is 0 Å². The smallest absolute Gasteiger partial charge is 0.201 e. The van der Waals surface area contributed by atoms with Crippen molar-refractivity contribution in [1.82, 2.24) is 0 Å². The second-order valence-corrected chi connectivity index (χ2v) is 7.79. The Morgan fingerprint density at radius 3 is 1.58 bits per heavy atom. The number of carbonyl (C=O) groups is 2. The van der Waals surface area contributed by atoms with E-state index in [1.165, 1.54) is 6.07 Å². The quantitative estimate of drug-likeness (QED) is 0.105. The van der Waals surface area contributed by atoms with E-state index in [1.807, 2.05) is 0 Å². The van der Waals surface area contributed by atoms with Gasteiger partial charge in [-0.15, -0.1) is 0 Å². The lowest BCUT2D eigenvalue weighted by Gasteiger charge is -2.08. The van der Waals surface area contributed by atoms with Crippen LogP contribution in [0.15, 0.2) is 60.7 Å². The highest BCUT2D eigenvalue weighted by molar-refractivity contribution is 6.13. The van der Waals surface area contributed by atoms with Gasteiger partial charge in [-0.2, -0.15) is 0 Å². The number of aromatic hydroxyl groups is 10. The van der Waals surface area contributed by atoms with Gasteiger partial charge in [0.2, 0.25) is 11.5 Å². The van der Waals surface area contributed by atoms with E-state index in [0.29, 0.717) is 0 Å². The first kappa shape index (κ1) is 26.8. The minimum atomic E-state index is -0.828. The molecular weight excluding hydrogens is 504 g/mol. The third-order valence-electron chi connectivity index (χ3n) is 5.10. The van der Waals surface area contributed by atoms with Crippen LogP contribution in [0.2, 0.25) is 0 Å². The highest BCUT2D eigenvalue weighted by Gasteiger charge is 2.21. The Morgan fingerprint density at radius 1 is 0.395 bits per heavy atom. The summed E-state index contributed by atoms with van der Waals surface area (Å²) in [5.41, 5.74) is -0.880. The normalized spacial score (nSPS) is 10.3. The number of phenols is 10. The van der Waals surface area contributed by atoms with Gasteiger partial charge in [0.1, 0.15) is 28.7 Å². The monoisotopic (exact) mass is 524 g/mol. The molecule has 0 fully saturated rings. The molecule has 10 N–H and O–H groups in total. The maximum atomic E-state index is 12.1. The summed E-state index contributed by atoms with van der Waals surface area (Å²) in [5, 5.41) is 93.6. The van der Waals surface area contributed by atoms with Crippen LogP contribution in [0.25, 0.3) is 0 Å². The molecule has 4 aromatic carbocycles. The fraction of sp³-hybridized carbons (Fsp3) is 0. The van der Waals surface area contributed by atoms with E-state index in [9.17, 15) is 50.4 Å². The van der Waals surface area contributed by atoms with Crippen LogP contribution in [-0.4, -0.2) is 62.6 Å². The van der Waals surface area contributed by atoms with Gasteiger partial charge >= 0.3 is 0 Å². The third kappa shape index (κ3) is 5.54. The Balaban J connectivity index is 0.000000211. The fourth-order valence-electron chi connectivity index (χ4n) is 3.23. The number of hydrogen-bond donors (Lipinski definition) is 10. The Bertz CT molecular complexity index is 1540. The molecule has 0 aliphatic heterocycles. The zero-order valence-electron chi connectivity index (χ0n) is 19.1. The lowest BCUT2D eigenvalue weighted by Crippen LogP contribution is -2.02. The molecule has 196 valence electrons. The van der Waals surface area contributed by atoms with Crippen LogP contribution in [0.1, 0.15) is 31.8 Å². The molecule has 0 amide bonds. The summed E-state index contributed by atoms with van der Waals surface area (Å²) in [7, 11) is 0. The maximum Gasteiger partial charge on any atom is 0.201 e. The third-order valence-corrected chi connectivity index (χ3v) is 5.10. The van der Waals surface area contributed by atoms with Crippen LogP contribution in [0.3, 0.4) is 0 Å². The molecule has 4 rings (SSSR count). The number of hydrogen-bond acceptors (Lipinski definition) is 12. The van der Waals surface area contributed by atoms with Gasteiger partial charge in [0, 0.05) is 17.7 Å². The SMILES string of the molecule is O=C(c1cc(O)cc(O)c1)c1cc(O)c(O)cc1O.O=C(c1cc(O)ccc1O)c1ccc(O)c(O)c1O. The highest BCUT2D eigenvalue weighted by Crippen LogP contribution is 2.39. The summed E-state index contributed by atoms with van der Waals surface area (Å²) in [6, 6.07) is 10.4. The van der Waals surface area contributed by atoms with Crippen molar-refractivity contribution in [3.63, 3.8) is 0 Å². The Kier molecular flexibility index (Phi) is 7.38. The lowest BCUT2D eigenvalue weighted by atomic mass is 10.0. The zero-order valence-corrected chi connectivity index (χ0v) is 19.1. The molecule has 12 nitrogen and oxygen atoms in total. The first-order chi connectivity index (χ1) is 17.8. The van der Waals surface area contributed by atoms with Crippen LogP contribution in [0.4, 0.5) is 0 Å². The molecule has 0 saturated heterocycles. The summed E-state index contributed by atoms with van der Waals surface area (Å²) < 4.78 is 0. The molecule has 0 unspecified atom stereocenters. The molecule has 0 radical (unpaired) electrons. The van der Waals surface area contributed by atoms with Gasteiger partial charge in [0.15, 0.2) is 28.8 Å². The highest BCUT2D eigenvalue weighted by atomic mass is 16.3. The van der Waals surface area contributed by atoms with E-state index in [0.717, 1.165) is 54.6 Å². The summed E-state index contributed by atoms with van der Waals surface area (Å²) in [5.74, 6) is -6.62. The van der Waals surface area contributed by atoms with Crippen LogP contribution >= 0.6 is 0 Å². The molecule has 12 heteroatoms. The van der Waals surface area contributed by atoms with E-state index in [-0.39, 0.29) is 45.3 Å². The van der Waals surface area contributed by atoms with Crippen molar-refractivity contribution in [3.05, 3.63) is 82.9 Å². The van der Waals surface area contributed by atoms with Crippen molar-refractivity contribution in [1.29, 1.82) is 0 Å². The van der Waals surface area contributed by atoms with Crippen molar-refractivity contribution < 1.29 is 60.7 Å². The Morgan fingerprint density at radius 2 is 0.947 bits per heavy atom. The van der Waals surface area contributed by atoms with Gasteiger partial charge < -0.3 is 51.1 Å². The van der Waals surface area contributed by atoms with E-state index >= 15 is 0 Å². The molecule has 0 aromatic heterocycles. The van der Waals surface area contributed by atoms with E-state index in [4.69, 9.17) is 10.2 Å². The van der Waals surface area contributed by atoms with Crippen LogP contribution in [0, 0.1) is 0 Å². The van der Waals surface area contributed by atoms with Gasteiger partial charge in [-0.1, -0.05) is 0 Å². The molecule has 0 aliphatic rings. The molecule has 0 aliphatic carbocycles. The average molecular weight is 524 g/mol. The molecule has 0 saturated carbocycles. The largest absolute Gasteiger partial charge is 0.508 e. The molecular formula is C26H20O12. The predicted octanol–water partition coefficient (Wildman–Crippen LogP) is 2.89. The van der Waals surface area contributed by atoms with Crippen molar-refractivity contribution in [2.24, 2.45) is 0 Å². The van der Waals surface area contributed by atoms with Crippen molar-refractivity contribution in [3.8, 4) is 57.5 Å². The number of phenolic OH excluding ortho intramolecular Hbond substituents is 10. The molecule has 0 spiro atoms. The second kappa shape index (κ2) is 10.5. The van der Waals surface area contributed by atoms with Gasteiger partial charge in [0.25, 0.3) is 0 Å². The van der Waals surface area contributed by atoms with Gasteiger partial charge in [0.05, 0.1) is 16.7 Å². The van der Waals surface area contributed by atoms with Gasteiger partial charge in [-0.3, -0.25) is 9.59 Å². The van der Waals surface area contributed by atoms with Crippen LogP contribution in [0.5, 0.6) is 57.5 Å². The van der Waals surface area contributed by atoms with Crippen molar-refractivity contribution >= 4 is 11.6 Å². The molecule has 4 aromatic rings. The standard InChI is InChI=1S/2C13H10O6/c14-7-1-6(2-8(15)3-7)13(19)9-4-11(17)12(18)5-10(9)16;14-6-1-3-9(15)8(5-6)11(17)7-2-4-10(16)13(19)12(7)18/h1-5,14-18H;1-5,14-16,18-19H. The molecule has 0 heterocycles. The minimum Gasteiger partial charge on any atom is -0.508 e.